The molecule has 100 valence electrons. The molecule has 0 N–H and O–H groups in total. The van der Waals surface area contributed by atoms with E-state index in [1.54, 1.807) is 0 Å². The number of hydrogen-bond acceptors (Lipinski definition) is 1. The molecule has 1 aromatic carbocycles. The zero-order valence-electron chi connectivity index (χ0n) is 11.9. The molecule has 0 atom stereocenters. The Kier molecular flexibility index (Phi) is 6.48. The number of carbonyl (C=O) groups excluding carboxylic acids is 1. The fourth-order valence-electron chi connectivity index (χ4n) is 2.00. The van der Waals surface area contributed by atoms with E-state index in [2.05, 4.69) is 32.9 Å². The highest BCUT2D eigenvalue weighted by atomic mass is 16.2. The van der Waals surface area contributed by atoms with Gasteiger partial charge in [0.15, 0.2) is 0 Å². The van der Waals surface area contributed by atoms with Gasteiger partial charge in [0, 0.05) is 18.7 Å². The van der Waals surface area contributed by atoms with E-state index in [0.717, 1.165) is 44.3 Å². The molecule has 0 aliphatic rings. The Morgan fingerprint density at radius 1 is 1.00 bits per heavy atom. The predicted octanol–water partition coefficient (Wildman–Crippen LogP) is 3.90. The second-order valence-corrected chi connectivity index (χ2v) is 4.70. The Morgan fingerprint density at radius 2 is 1.67 bits per heavy atom. The molecule has 1 amide bonds. The third-order valence-corrected chi connectivity index (χ3v) is 3.17. The van der Waals surface area contributed by atoms with Crippen molar-refractivity contribution in [3.05, 3.63) is 35.4 Å². The van der Waals surface area contributed by atoms with Gasteiger partial charge >= 0.3 is 0 Å². The summed E-state index contributed by atoms with van der Waals surface area (Å²) in [4.78, 5) is 14.3. The summed E-state index contributed by atoms with van der Waals surface area (Å²) in [6.07, 6.45) is 4.24. The van der Waals surface area contributed by atoms with Crippen LogP contribution in [0.3, 0.4) is 0 Å². The molecular formula is C16H25NO. The molecule has 0 heterocycles. The number of carbonyl (C=O) groups is 1. The number of nitrogens with zero attached hydrogens (tertiary/aromatic N) is 1. The molecule has 0 saturated heterocycles. The summed E-state index contributed by atoms with van der Waals surface area (Å²) in [7, 11) is 0. The molecule has 0 aromatic heterocycles. The highest BCUT2D eigenvalue weighted by Crippen LogP contribution is 2.09. The first-order valence-corrected chi connectivity index (χ1v) is 7.11. The molecule has 0 radical (unpaired) electrons. The zero-order chi connectivity index (χ0) is 13.4. The number of hydrogen-bond donors (Lipinski definition) is 0. The first-order valence-electron chi connectivity index (χ1n) is 7.11. The maximum Gasteiger partial charge on any atom is 0.253 e. The lowest BCUT2D eigenvalue weighted by Crippen LogP contribution is -2.32. The van der Waals surface area contributed by atoms with Gasteiger partial charge in [0.05, 0.1) is 0 Å². The van der Waals surface area contributed by atoms with E-state index in [1.807, 2.05) is 17.0 Å². The van der Waals surface area contributed by atoms with Crippen molar-refractivity contribution in [2.45, 2.75) is 46.5 Å². The van der Waals surface area contributed by atoms with Crippen molar-refractivity contribution in [2.75, 3.05) is 13.1 Å². The second kappa shape index (κ2) is 7.91. The fourth-order valence-corrected chi connectivity index (χ4v) is 2.00. The molecule has 0 fully saturated rings. The van der Waals surface area contributed by atoms with Crippen molar-refractivity contribution in [1.82, 2.24) is 4.90 Å². The van der Waals surface area contributed by atoms with Crippen LogP contribution in [0.4, 0.5) is 0 Å². The van der Waals surface area contributed by atoms with Crippen LogP contribution in [0.1, 0.15) is 56.0 Å². The minimum atomic E-state index is 0.174. The summed E-state index contributed by atoms with van der Waals surface area (Å²) in [6, 6.07) is 8.01. The van der Waals surface area contributed by atoms with E-state index in [1.165, 1.54) is 5.56 Å². The summed E-state index contributed by atoms with van der Waals surface area (Å²) in [5.74, 6) is 0.174. The van der Waals surface area contributed by atoms with Crippen molar-refractivity contribution in [3.63, 3.8) is 0 Å². The monoisotopic (exact) mass is 247 g/mol. The highest BCUT2D eigenvalue weighted by Gasteiger charge is 2.13. The largest absolute Gasteiger partial charge is 0.339 e. The topological polar surface area (TPSA) is 20.3 Å². The van der Waals surface area contributed by atoms with Crippen LogP contribution < -0.4 is 0 Å². The number of amides is 1. The maximum absolute atomic E-state index is 12.4. The lowest BCUT2D eigenvalue weighted by atomic mass is 10.1. The summed E-state index contributed by atoms with van der Waals surface area (Å²) >= 11 is 0. The third-order valence-electron chi connectivity index (χ3n) is 3.17. The molecule has 2 nitrogen and oxygen atoms in total. The number of rotatable bonds is 7. The molecular weight excluding hydrogens is 222 g/mol. The molecule has 18 heavy (non-hydrogen) atoms. The van der Waals surface area contributed by atoms with E-state index >= 15 is 0 Å². The molecule has 2 heteroatoms. The van der Waals surface area contributed by atoms with Crippen LogP contribution in [0.15, 0.2) is 24.3 Å². The van der Waals surface area contributed by atoms with E-state index in [0.29, 0.717) is 0 Å². The summed E-state index contributed by atoms with van der Waals surface area (Å²) in [6.45, 7) is 8.13. The van der Waals surface area contributed by atoms with Crippen LogP contribution in [0.2, 0.25) is 0 Å². The Hall–Kier alpha value is -1.31. The van der Waals surface area contributed by atoms with Crippen LogP contribution in [-0.2, 0) is 6.42 Å². The van der Waals surface area contributed by atoms with Crippen molar-refractivity contribution >= 4 is 5.91 Å². The summed E-state index contributed by atoms with van der Waals surface area (Å²) in [5.41, 5.74) is 2.10. The number of unbranched alkanes of at least 4 members (excludes halogenated alkanes) is 1. The number of aryl methyl sites for hydroxylation is 1. The molecule has 0 spiro atoms. The van der Waals surface area contributed by atoms with Gasteiger partial charge in [0.25, 0.3) is 5.91 Å². The standard InChI is InChI=1S/C16H25NO/c1-4-7-13-17(12-5-2)16(18)15-10-8-14(6-3)9-11-15/h8-11H,4-7,12-13H2,1-3H3. The molecule has 1 rings (SSSR count). The van der Waals surface area contributed by atoms with Crippen molar-refractivity contribution in [2.24, 2.45) is 0 Å². The number of benzene rings is 1. The molecule has 0 aliphatic carbocycles. The SMILES string of the molecule is CCCCN(CCC)C(=O)c1ccc(CC)cc1. The lowest BCUT2D eigenvalue weighted by Gasteiger charge is -2.22. The molecule has 0 unspecified atom stereocenters. The third kappa shape index (κ3) is 4.17. The molecule has 1 aromatic rings. The van der Waals surface area contributed by atoms with Crippen molar-refractivity contribution in [1.29, 1.82) is 0 Å². The van der Waals surface area contributed by atoms with E-state index in [-0.39, 0.29) is 5.91 Å². The summed E-state index contributed by atoms with van der Waals surface area (Å²) in [5, 5.41) is 0. The van der Waals surface area contributed by atoms with E-state index < -0.39 is 0 Å². The van der Waals surface area contributed by atoms with Crippen molar-refractivity contribution < 1.29 is 4.79 Å². The van der Waals surface area contributed by atoms with Gasteiger partial charge in [0.1, 0.15) is 0 Å². The first-order chi connectivity index (χ1) is 8.72. The van der Waals surface area contributed by atoms with Gasteiger partial charge in [-0.1, -0.05) is 39.3 Å². The predicted molar refractivity (Wildman–Crippen MR) is 76.9 cm³/mol. The maximum atomic E-state index is 12.4. The lowest BCUT2D eigenvalue weighted by molar-refractivity contribution is 0.0753. The van der Waals surface area contributed by atoms with Gasteiger partial charge in [-0.3, -0.25) is 4.79 Å². The van der Waals surface area contributed by atoms with Gasteiger partial charge in [-0.2, -0.15) is 0 Å². The minimum Gasteiger partial charge on any atom is -0.339 e. The van der Waals surface area contributed by atoms with Crippen LogP contribution >= 0.6 is 0 Å². The molecule has 0 saturated carbocycles. The van der Waals surface area contributed by atoms with Crippen LogP contribution in [0.25, 0.3) is 0 Å². The van der Waals surface area contributed by atoms with E-state index in [4.69, 9.17) is 0 Å². The zero-order valence-corrected chi connectivity index (χ0v) is 11.9. The average molecular weight is 247 g/mol. The van der Waals surface area contributed by atoms with Crippen LogP contribution in [-0.4, -0.2) is 23.9 Å². The van der Waals surface area contributed by atoms with Crippen molar-refractivity contribution in [3.8, 4) is 0 Å². The first kappa shape index (κ1) is 14.7. The Bertz CT molecular complexity index is 356. The second-order valence-electron chi connectivity index (χ2n) is 4.70. The van der Waals surface area contributed by atoms with Gasteiger partial charge in [-0.05, 0) is 37.0 Å². The average Bonchev–Trinajstić information content (AvgIpc) is 2.43. The normalized spacial score (nSPS) is 10.4. The van der Waals surface area contributed by atoms with E-state index in [9.17, 15) is 4.79 Å². The Morgan fingerprint density at radius 3 is 2.17 bits per heavy atom. The van der Waals surface area contributed by atoms with Gasteiger partial charge < -0.3 is 4.90 Å². The Balaban J connectivity index is 2.73. The minimum absolute atomic E-state index is 0.174. The molecule has 0 aliphatic heterocycles. The van der Waals surface area contributed by atoms with Gasteiger partial charge in [-0.25, -0.2) is 0 Å². The molecule has 0 bridgehead atoms. The van der Waals surface area contributed by atoms with Crippen LogP contribution in [0, 0.1) is 0 Å². The van der Waals surface area contributed by atoms with Gasteiger partial charge in [-0.15, -0.1) is 0 Å². The van der Waals surface area contributed by atoms with Gasteiger partial charge in [0.2, 0.25) is 0 Å². The summed E-state index contributed by atoms with van der Waals surface area (Å²) < 4.78 is 0. The highest BCUT2D eigenvalue weighted by molar-refractivity contribution is 5.94. The quantitative estimate of drug-likeness (QED) is 0.715. The smallest absolute Gasteiger partial charge is 0.253 e. The Labute approximate surface area is 111 Å². The fraction of sp³-hybridized carbons (Fsp3) is 0.562. The van der Waals surface area contributed by atoms with Crippen LogP contribution in [0.5, 0.6) is 0 Å².